The maximum absolute atomic E-state index is 13.7. The zero-order valence-corrected chi connectivity index (χ0v) is 10.5. The van der Waals surface area contributed by atoms with Crippen LogP contribution < -0.4 is 10.6 Å². The summed E-state index contributed by atoms with van der Waals surface area (Å²) in [5, 5.41) is 6.22. The number of benzene rings is 1. The number of hydrogen-bond donors (Lipinski definition) is 2. The smallest absolute Gasteiger partial charge is 0.378 e. The van der Waals surface area contributed by atoms with Gasteiger partial charge in [-0.2, -0.15) is 13.2 Å². The molecule has 0 bridgehead atoms. The van der Waals surface area contributed by atoms with Crippen LogP contribution in [0.3, 0.4) is 0 Å². The summed E-state index contributed by atoms with van der Waals surface area (Å²) in [6.07, 6.45) is -2.68. The molecule has 1 aromatic carbocycles. The fourth-order valence-electron chi connectivity index (χ4n) is 2.25. The molecule has 1 fully saturated rings. The minimum atomic E-state index is -4.51. The normalized spacial score (nSPS) is 24.3. The maximum atomic E-state index is 13.7. The van der Waals surface area contributed by atoms with E-state index < -0.39 is 17.6 Å². The molecule has 0 radical (unpaired) electrons. The predicted molar refractivity (Wildman–Crippen MR) is 65.5 cm³/mol. The number of rotatable bonds is 2. The number of alkyl halides is 3. The third kappa shape index (κ3) is 3.37. The molecular formula is C13H16F4N2. The standard InChI is InChI=1S/C13H16F4N2/c1-8-11(3-2-6-18-8)19-12-5-4-9(7-10(12)14)13(15,16)17/h4-5,7-8,11,18-19H,2-3,6H2,1H3. The van der Waals surface area contributed by atoms with Crippen molar-refractivity contribution in [2.75, 3.05) is 11.9 Å². The molecule has 0 amide bonds. The SMILES string of the molecule is CC1NCCCC1Nc1ccc(C(F)(F)F)cc1F. The van der Waals surface area contributed by atoms with Crippen LogP contribution in [0.25, 0.3) is 0 Å². The summed E-state index contributed by atoms with van der Waals surface area (Å²) in [6.45, 7) is 2.88. The van der Waals surface area contributed by atoms with Gasteiger partial charge in [0.2, 0.25) is 0 Å². The lowest BCUT2D eigenvalue weighted by atomic mass is 9.99. The first-order chi connectivity index (χ1) is 8.88. The van der Waals surface area contributed by atoms with Crippen molar-refractivity contribution in [2.45, 2.75) is 38.0 Å². The Bertz CT molecular complexity index is 445. The van der Waals surface area contributed by atoms with E-state index in [1.165, 1.54) is 0 Å². The summed E-state index contributed by atoms with van der Waals surface area (Å²) < 4.78 is 50.9. The Hall–Kier alpha value is -1.30. The second-order valence-electron chi connectivity index (χ2n) is 4.83. The molecule has 1 aromatic rings. The van der Waals surface area contributed by atoms with Gasteiger partial charge in [-0.15, -0.1) is 0 Å². The van der Waals surface area contributed by atoms with Crippen LogP contribution in [-0.4, -0.2) is 18.6 Å². The van der Waals surface area contributed by atoms with Crippen molar-refractivity contribution in [3.63, 3.8) is 0 Å². The highest BCUT2D eigenvalue weighted by Crippen LogP contribution is 2.31. The van der Waals surface area contributed by atoms with E-state index in [9.17, 15) is 17.6 Å². The molecule has 2 N–H and O–H groups in total. The van der Waals surface area contributed by atoms with Crippen molar-refractivity contribution >= 4 is 5.69 Å². The van der Waals surface area contributed by atoms with Gasteiger partial charge in [-0.3, -0.25) is 0 Å². The van der Waals surface area contributed by atoms with Crippen molar-refractivity contribution in [1.29, 1.82) is 0 Å². The van der Waals surface area contributed by atoms with E-state index in [0.29, 0.717) is 6.07 Å². The second-order valence-corrected chi connectivity index (χ2v) is 4.83. The summed E-state index contributed by atoms with van der Waals surface area (Å²) in [4.78, 5) is 0. The van der Waals surface area contributed by atoms with E-state index in [-0.39, 0.29) is 17.8 Å². The van der Waals surface area contributed by atoms with Gasteiger partial charge in [0.05, 0.1) is 11.3 Å². The monoisotopic (exact) mass is 276 g/mol. The van der Waals surface area contributed by atoms with Crippen molar-refractivity contribution in [3.8, 4) is 0 Å². The molecule has 19 heavy (non-hydrogen) atoms. The minimum Gasteiger partial charge on any atom is -0.378 e. The Labute approximate surface area is 109 Å². The number of anilines is 1. The van der Waals surface area contributed by atoms with E-state index in [1.807, 2.05) is 6.92 Å². The fourth-order valence-corrected chi connectivity index (χ4v) is 2.25. The third-order valence-corrected chi connectivity index (χ3v) is 3.40. The van der Waals surface area contributed by atoms with Crippen LogP contribution in [0.4, 0.5) is 23.2 Å². The Morgan fingerprint density at radius 3 is 2.63 bits per heavy atom. The average molecular weight is 276 g/mol. The summed E-state index contributed by atoms with van der Waals surface area (Å²) >= 11 is 0. The number of halogens is 4. The molecule has 2 atom stereocenters. The number of hydrogen-bond acceptors (Lipinski definition) is 2. The lowest BCUT2D eigenvalue weighted by molar-refractivity contribution is -0.137. The van der Waals surface area contributed by atoms with Gasteiger partial charge in [0.25, 0.3) is 0 Å². The van der Waals surface area contributed by atoms with E-state index in [1.54, 1.807) is 0 Å². The van der Waals surface area contributed by atoms with Gasteiger partial charge >= 0.3 is 6.18 Å². The lowest BCUT2D eigenvalue weighted by Gasteiger charge is -2.31. The molecule has 1 heterocycles. The molecule has 2 nitrogen and oxygen atoms in total. The van der Waals surface area contributed by atoms with Crippen LogP contribution in [-0.2, 0) is 6.18 Å². The number of nitrogens with one attached hydrogen (secondary N) is 2. The second kappa shape index (κ2) is 5.36. The molecule has 1 saturated heterocycles. The quantitative estimate of drug-likeness (QED) is 0.809. The Morgan fingerprint density at radius 1 is 1.32 bits per heavy atom. The van der Waals surface area contributed by atoms with Crippen LogP contribution in [0.2, 0.25) is 0 Å². The molecule has 2 unspecified atom stereocenters. The van der Waals surface area contributed by atoms with Crippen LogP contribution in [0.15, 0.2) is 18.2 Å². The average Bonchev–Trinajstić information content (AvgIpc) is 2.33. The van der Waals surface area contributed by atoms with Gasteiger partial charge in [0.1, 0.15) is 5.82 Å². The van der Waals surface area contributed by atoms with Crippen molar-refractivity contribution in [2.24, 2.45) is 0 Å². The fraction of sp³-hybridized carbons (Fsp3) is 0.538. The molecule has 2 rings (SSSR count). The summed E-state index contributed by atoms with van der Waals surface area (Å²) in [5.74, 6) is -0.868. The van der Waals surface area contributed by atoms with E-state index in [4.69, 9.17) is 0 Å². The van der Waals surface area contributed by atoms with Crippen LogP contribution in [0.1, 0.15) is 25.3 Å². The van der Waals surface area contributed by atoms with Gasteiger partial charge in [-0.25, -0.2) is 4.39 Å². The topological polar surface area (TPSA) is 24.1 Å². The Balaban J connectivity index is 2.13. The zero-order valence-electron chi connectivity index (χ0n) is 10.5. The van der Waals surface area contributed by atoms with E-state index >= 15 is 0 Å². The molecule has 1 aliphatic heterocycles. The summed E-state index contributed by atoms with van der Waals surface area (Å²) in [5.41, 5.74) is -0.848. The predicted octanol–water partition coefficient (Wildman–Crippen LogP) is 3.40. The first kappa shape index (κ1) is 14.1. The highest BCUT2D eigenvalue weighted by atomic mass is 19.4. The van der Waals surface area contributed by atoms with Crippen molar-refractivity contribution < 1.29 is 17.6 Å². The highest BCUT2D eigenvalue weighted by molar-refractivity contribution is 5.48. The van der Waals surface area contributed by atoms with Gasteiger partial charge in [-0.05, 0) is 44.5 Å². The molecule has 0 saturated carbocycles. The van der Waals surface area contributed by atoms with Crippen LogP contribution in [0, 0.1) is 5.82 Å². The Morgan fingerprint density at radius 2 is 2.05 bits per heavy atom. The van der Waals surface area contributed by atoms with Gasteiger partial charge in [0.15, 0.2) is 0 Å². The molecule has 6 heteroatoms. The molecule has 0 aromatic heterocycles. The van der Waals surface area contributed by atoms with Gasteiger partial charge in [-0.1, -0.05) is 0 Å². The summed E-state index contributed by atoms with van der Waals surface area (Å²) in [7, 11) is 0. The Kier molecular flexibility index (Phi) is 3.99. The first-order valence-electron chi connectivity index (χ1n) is 6.24. The third-order valence-electron chi connectivity index (χ3n) is 3.40. The largest absolute Gasteiger partial charge is 0.416 e. The van der Waals surface area contributed by atoms with E-state index in [0.717, 1.165) is 31.5 Å². The summed E-state index contributed by atoms with van der Waals surface area (Å²) in [6, 6.07) is 2.77. The highest BCUT2D eigenvalue weighted by Gasteiger charge is 2.31. The number of piperidine rings is 1. The zero-order chi connectivity index (χ0) is 14.0. The van der Waals surface area contributed by atoms with Crippen molar-refractivity contribution in [1.82, 2.24) is 5.32 Å². The molecule has 106 valence electrons. The first-order valence-corrected chi connectivity index (χ1v) is 6.24. The maximum Gasteiger partial charge on any atom is 0.416 e. The minimum absolute atomic E-state index is 0.0278. The van der Waals surface area contributed by atoms with Crippen molar-refractivity contribution in [3.05, 3.63) is 29.6 Å². The molecule has 0 aliphatic carbocycles. The molecule has 1 aliphatic rings. The lowest BCUT2D eigenvalue weighted by Crippen LogP contribution is -2.46. The van der Waals surface area contributed by atoms with Gasteiger partial charge in [0, 0.05) is 12.1 Å². The molecule has 0 spiro atoms. The van der Waals surface area contributed by atoms with Crippen LogP contribution in [0.5, 0.6) is 0 Å². The van der Waals surface area contributed by atoms with E-state index in [2.05, 4.69) is 10.6 Å². The molecular weight excluding hydrogens is 260 g/mol. The van der Waals surface area contributed by atoms with Gasteiger partial charge < -0.3 is 10.6 Å². The van der Waals surface area contributed by atoms with Crippen LogP contribution >= 0.6 is 0 Å².